The van der Waals surface area contributed by atoms with E-state index in [1.54, 1.807) is 0 Å². The molecule has 0 aromatic carbocycles. The second-order valence-corrected chi connectivity index (χ2v) is 2.49. The van der Waals surface area contributed by atoms with Crippen molar-refractivity contribution in [2.45, 2.75) is 32.2 Å². The number of hydrogen-bond acceptors (Lipinski definition) is 3. The summed E-state index contributed by atoms with van der Waals surface area (Å²) in [5, 5.41) is 0. The minimum Gasteiger partial charge on any atom is -0.467 e. The number of carbonyl (C=O) groups is 1. The first-order valence-corrected chi connectivity index (χ1v) is 3.59. The third kappa shape index (κ3) is 4.12. The number of methoxy groups -OCH3 is 1. The van der Waals surface area contributed by atoms with Crippen molar-refractivity contribution in [3.05, 3.63) is 0 Å². The monoisotopic (exact) mass is 200 g/mol. The number of hydrogen-bond donors (Lipinski definition) is 0. The van der Waals surface area contributed by atoms with Gasteiger partial charge in [0.25, 0.3) is 0 Å². The first-order valence-electron chi connectivity index (χ1n) is 3.59. The summed E-state index contributed by atoms with van der Waals surface area (Å²) in [4.78, 5) is 10.7. The Labute approximate surface area is 73.8 Å². The molecule has 0 rings (SSSR count). The van der Waals surface area contributed by atoms with Gasteiger partial charge in [0.2, 0.25) is 0 Å². The van der Waals surface area contributed by atoms with Crippen LogP contribution in [0, 0.1) is 0 Å². The van der Waals surface area contributed by atoms with E-state index in [-0.39, 0.29) is 0 Å². The van der Waals surface area contributed by atoms with Crippen molar-refractivity contribution in [3.8, 4) is 0 Å². The fourth-order valence-corrected chi connectivity index (χ4v) is 0.605. The van der Waals surface area contributed by atoms with Gasteiger partial charge in [-0.05, 0) is 13.8 Å². The van der Waals surface area contributed by atoms with E-state index < -0.39 is 24.4 Å². The van der Waals surface area contributed by atoms with Crippen LogP contribution >= 0.6 is 0 Å². The number of alkyl halides is 3. The fraction of sp³-hybridized carbons (Fsp3) is 0.857. The molecule has 0 aromatic heterocycles. The van der Waals surface area contributed by atoms with Crippen molar-refractivity contribution in [2.75, 3.05) is 7.11 Å². The van der Waals surface area contributed by atoms with Gasteiger partial charge >= 0.3 is 12.1 Å². The lowest BCUT2D eigenvalue weighted by molar-refractivity contribution is -0.227. The molecule has 3 nitrogen and oxygen atoms in total. The summed E-state index contributed by atoms with van der Waals surface area (Å²) in [6, 6.07) is 0. The molecule has 0 radical (unpaired) electrons. The second-order valence-electron chi connectivity index (χ2n) is 2.49. The lowest BCUT2D eigenvalue weighted by Crippen LogP contribution is -2.35. The van der Waals surface area contributed by atoms with Gasteiger partial charge in [-0.3, -0.25) is 0 Å². The van der Waals surface area contributed by atoms with Gasteiger partial charge in [0.15, 0.2) is 12.2 Å². The first-order chi connectivity index (χ1) is 5.79. The molecule has 0 saturated carbocycles. The summed E-state index contributed by atoms with van der Waals surface area (Å²) in [7, 11) is 1.08. The van der Waals surface area contributed by atoms with E-state index in [4.69, 9.17) is 0 Å². The molecule has 13 heavy (non-hydrogen) atoms. The van der Waals surface area contributed by atoms with E-state index in [1.165, 1.54) is 6.92 Å². The van der Waals surface area contributed by atoms with Crippen LogP contribution in [0.5, 0.6) is 0 Å². The van der Waals surface area contributed by atoms with Crippen LogP contribution in [-0.2, 0) is 14.3 Å². The van der Waals surface area contributed by atoms with Crippen LogP contribution in [0.2, 0.25) is 0 Å². The molecule has 0 saturated heterocycles. The Morgan fingerprint density at radius 3 is 2.08 bits per heavy atom. The highest BCUT2D eigenvalue weighted by Gasteiger charge is 2.38. The van der Waals surface area contributed by atoms with Gasteiger partial charge in [0, 0.05) is 0 Å². The standard InChI is InChI=1S/C7H11F3O3/c1-4(6(11)12-3)13-5(2)7(8,9)10/h4-5H,1-3H3. The predicted molar refractivity (Wildman–Crippen MR) is 38.1 cm³/mol. The van der Waals surface area contributed by atoms with Crippen molar-refractivity contribution in [2.24, 2.45) is 0 Å². The van der Waals surface area contributed by atoms with Crippen LogP contribution in [-0.4, -0.2) is 31.5 Å². The van der Waals surface area contributed by atoms with Gasteiger partial charge in [0.05, 0.1) is 7.11 Å². The highest BCUT2D eigenvalue weighted by molar-refractivity contribution is 5.73. The molecule has 2 unspecified atom stereocenters. The molecule has 0 aromatic rings. The molecule has 2 atom stereocenters. The summed E-state index contributed by atoms with van der Waals surface area (Å²) in [6.45, 7) is 2.04. The molecule has 0 spiro atoms. The maximum absolute atomic E-state index is 11.9. The maximum Gasteiger partial charge on any atom is 0.414 e. The largest absolute Gasteiger partial charge is 0.467 e. The molecule has 0 fully saturated rings. The molecular formula is C7H11F3O3. The third-order valence-corrected chi connectivity index (χ3v) is 1.40. The van der Waals surface area contributed by atoms with Crippen LogP contribution in [0.3, 0.4) is 0 Å². The van der Waals surface area contributed by atoms with Gasteiger partial charge in [-0.1, -0.05) is 0 Å². The summed E-state index contributed by atoms with van der Waals surface area (Å²) in [6.07, 6.45) is -7.63. The minimum atomic E-state index is -4.46. The minimum absolute atomic E-state index is 0.823. The van der Waals surface area contributed by atoms with E-state index >= 15 is 0 Å². The quantitative estimate of drug-likeness (QED) is 0.648. The zero-order chi connectivity index (χ0) is 10.6. The highest BCUT2D eigenvalue weighted by Crippen LogP contribution is 2.23. The number of esters is 1. The summed E-state index contributed by atoms with van der Waals surface area (Å²) in [5.74, 6) is -0.823. The lowest BCUT2D eigenvalue weighted by atomic mass is 10.3. The molecule has 0 N–H and O–H groups in total. The van der Waals surface area contributed by atoms with E-state index in [0.717, 1.165) is 14.0 Å². The molecule has 78 valence electrons. The Hall–Kier alpha value is -0.780. The van der Waals surface area contributed by atoms with Crippen molar-refractivity contribution in [1.29, 1.82) is 0 Å². The molecule has 0 amide bonds. The Kier molecular flexibility index (Phi) is 4.19. The highest BCUT2D eigenvalue weighted by atomic mass is 19.4. The van der Waals surface area contributed by atoms with Crippen molar-refractivity contribution in [3.63, 3.8) is 0 Å². The molecule has 6 heteroatoms. The predicted octanol–water partition coefficient (Wildman–Crippen LogP) is 1.52. The Morgan fingerprint density at radius 2 is 1.77 bits per heavy atom. The first kappa shape index (κ1) is 12.2. The number of halogens is 3. The van der Waals surface area contributed by atoms with Gasteiger partial charge in [-0.25, -0.2) is 4.79 Å². The average molecular weight is 200 g/mol. The van der Waals surface area contributed by atoms with Crippen molar-refractivity contribution >= 4 is 5.97 Å². The molecular weight excluding hydrogens is 189 g/mol. The van der Waals surface area contributed by atoms with E-state index in [9.17, 15) is 18.0 Å². The molecule has 0 aliphatic heterocycles. The SMILES string of the molecule is COC(=O)C(C)OC(C)C(F)(F)F. The molecule has 0 bridgehead atoms. The summed E-state index contributed by atoms with van der Waals surface area (Å²) in [5.41, 5.74) is 0. The summed E-state index contributed by atoms with van der Waals surface area (Å²) < 4.78 is 44.3. The van der Waals surface area contributed by atoms with Crippen LogP contribution in [0.25, 0.3) is 0 Å². The number of ether oxygens (including phenoxy) is 2. The maximum atomic E-state index is 11.9. The molecule has 0 aliphatic rings. The fourth-order valence-electron chi connectivity index (χ4n) is 0.605. The van der Waals surface area contributed by atoms with E-state index in [2.05, 4.69) is 9.47 Å². The smallest absolute Gasteiger partial charge is 0.414 e. The molecule has 0 heterocycles. The lowest BCUT2D eigenvalue weighted by Gasteiger charge is -2.19. The van der Waals surface area contributed by atoms with Crippen molar-refractivity contribution < 1.29 is 27.4 Å². The molecule has 0 aliphatic carbocycles. The van der Waals surface area contributed by atoms with Crippen LogP contribution in [0.15, 0.2) is 0 Å². The summed E-state index contributed by atoms with van der Waals surface area (Å²) >= 11 is 0. The third-order valence-electron chi connectivity index (χ3n) is 1.40. The van der Waals surface area contributed by atoms with Crippen LogP contribution in [0.4, 0.5) is 13.2 Å². The normalized spacial score (nSPS) is 16.5. The Bertz CT molecular complexity index is 178. The Balaban J connectivity index is 4.06. The van der Waals surface area contributed by atoms with E-state index in [0.29, 0.717) is 0 Å². The van der Waals surface area contributed by atoms with Gasteiger partial charge < -0.3 is 9.47 Å². The van der Waals surface area contributed by atoms with Gasteiger partial charge in [-0.15, -0.1) is 0 Å². The Morgan fingerprint density at radius 1 is 1.31 bits per heavy atom. The number of rotatable bonds is 3. The zero-order valence-electron chi connectivity index (χ0n) is 7.51. The van der Waals surface area contributed by atoms with Gasteiger partial charge in [0.1, 0.15) is 0 Å². The average Bonchev–Trinajstić information content (AvgIpc) is 2.01. The van der Waals surface area contributed by atoms with Crippen molar-refractivity contribution in [1.82, 2.24) is 0 Å². The van der Waals surface area contributed by atoms with Crippen LogP contribution < -0.4 is 0 Å². The van der Waals surface area contributed by atoms with Crippen LogP contribution in [0.1, 0.15) is 13.8 Å². The second kappa shape index (κ2) is 4.45. The zero-order valence-corrected chi connectivity index (χ0v) is 7.51. The van der Waals surface area contributed by atoms with E-state index in [1.807, 2.05) is 0 Å². The number of carbonyl (C=O) groups excluding carboxylic acids is 1. The van der Waals surface area contributed by atoms with Gasteiger partial charge in [-0.2, -0.15) is 13.2 Å². The topological polar surface area (TPSA) is 35.5 Å².